The summed E-state index contributed by atoms with van der Waals surface area (Å²) in [5.74, 6) is -0.692. The summed E-state index contributed by atoms with van der Waals surface area (Å²) in [4.78, 5) is 26.6. The van der Waals surface area contributed by atoms with Crippen LogP contribution in [0.3, 0.4) is 0 Å². The second-order valence-electron chi connectivity index (χ2n) is 5.77. The van der Waals surface area contributed by atoms with Crippen LogP contribution in [0.4, 0.5) is 5.69 Å². The molecule has 3 rings (SSSR count). The van der Waals surface area contributed by atoms with Crippen LogP contribution in [0.25, 0.3) is 6.08 Å². The predicted molar refractivity (Wildman–Crippen MR) is 121 cm³/mol. The van der Waals surface area contributed by atoms with E-state index in [0.717, 1.165) is 5.56 Å². The van der Waals surface area contributed by atoms with Crippen LogP contribution in [0.1, 0.15) is 5.56 Å². The number of benzene rings is 2. The van der Waals surface area contributed by atoms with Crippen LogP contribution in [0.2, 0.25) is 10.0 Å². The molecule has 1 saturated heterocycles. The van der Waals surface area contributed by atoms with Crippen molar-refractivity contribution in [2.45, 2.75) is 0 Å². The van der Waals surface area contributed by atoms with Gasteiger partial charge in [0.1, 0.15) is 10.9 Å². The summed E-state index contributed by atoms with van der Waals surface area (Å²) in [5.41, 5.74) is 1.48. The number of nitrogens with zero attached hydrogens (tertiary/aromatic N) is 1. The lowest BCUT2D eigenvalue weighted by Crippen LogP contribution is -2.36. The van der Waals surface area contributed by atoms with Crippen molar-refractivity contribution >= 4 is 75.1 Å². The number of hydrogen-bond donors (Lipinski definition) is 1. The molecule has 1 aliphatic rings. The number of thiocarbonyl (C=S) groups is 1. The first-order chi connectivity index (χ1) is 13.4. The number of halogens is 2. The molecule has 28 heavy (non-hydrogen) atoms. The molecule has 0 bridgehead atoms. The van der Waals surface area contributed by atoms with Crippen molar-refractivity contribution in [2.75, 3.05) is 11.9 Å². The molecule has 8 heteroatoms. The van der Waals surface area contributed by atoms with Crippen molar-refractivity contribution in [2.24, 2.45) is 0 Å². The molecule has 2 amide bonds. The van der Waals surface area contributed by atoms with Crippen molar-refractivity contribution in [3.8, 4) is 0 Å². The highest BCUT2D eigenvalue weighted by Gasteiger charge is 2.33. The smallest absolute Gasteiger partial charge is 0.266 e. The molecule has 0 radical (unpaired) electrons. The van der Waals surface area contributed by atoms with Gasteiger partial charge in [-0.1, -0.05) is 89.7 Å². The Kier molecular flexibility index (Phi) is 6.91. The lowest BCUT2D eigenvalue weighted by Gasteiger charge is -2.14. The minimum absolute atomic E-state index is 0.186. The number of carbonyl (C=O) groups excluding carboxylic acids is 2. The van der Waals surface area contributed by atoms with E-state index in [-0.39, 0.29) is 12.5 Å². The van der Waals surface area contributed by atoms with Gasteiger partial charge in [0.2, 0.25) is 5.91 Å². The molecule has 0 aliphatic carbocycles. The lowest BCUT2D eigenvalue weighted by molar-refractivity contribution is -0.126. The van der Waals surface area contributed by atoms with Crippen LogP contribution in [0, 0.1) is 0 Å². The first-order valence-corrected chi connectivity index (χ1v) is 10.1. The Morgan fingerprint density at radius 2 is 1.82 bits per heavy atom. The molecule has 0 spiro atoms. The first-order valence-electron chi connectivity index (χ1n) is 8.15. The standard InChI is InChI=1S/C20H14Cl2N2O2S2/c21-14-9-15(22)11-16(10-14)23-18(25)12-24-19(26)17(28-20(24)27)8-4-7-13-5-2-1-3-6-13/h1-11H,12H2,(H,23,25)/b7-4+,17-8-. The van der Waals surface area contributed by atoms with Gasteiger partial charge in [-0.2, -0.15) is 0 Å². The number of nitrogens with one attached hydrogen (secondary N) is 1. The van der Waals surface area contributed by atoms with E-state index in [0.29, 0.717) is 25.0 Å². The number of allylic oxidation sites excluding steroid dienone is 2. The van der Waals surface area contributed by atoms with Crippen molar-refractivity contribution < 1.29 is 9.59 Å². The monoisotopic (exact) mass is 448 g/mol. The van der Waals surface area contributed by atoms with Gasteiger partial charge in [-0.25, -0.2) is 0 Å². The molecule has 1 N–H and O–H groups in total. The molecule has 0 unspecified atom stereocenters. The van der Waals surface area contributed by atoms with Gasteiger partial charge >= 0.3 is 0 Å². The third-order valence-electron chi connectivity index (χ3n) is 3.66. The second kappa shape index (κ2) is 9.39. The Labute approximate surface area is 182 Å². The quantitative estimate of drug-likeness (QED) is 0.491. The fourth-order valence-corrected chi connectivity index (χ4v) is 4.16. The fourth-order valence-electron chi connectivity index (χ4n) is 2.43. The van der Waals surface area contributed by atoms with Gasteiger partial charge in [0.15, 0.2) is 0 Å². The number of thioether (sulfide) groups is 1. The van der Waals surface area contributed by atoms with E-state index in [9.17, 15) is 9.59 Å². The highest BCUT2D eigenvalue weighted by Crippen LogP contribution is 2.31. The van der Waals surface area contributed by atoms with Crippen LogP contribution < -0.4 is 5.32 Å². The molecule has 0 saturated carbocycles. The molecular formula is C20H14Cl2N2O2S2. The van der Waals surface area contributed by atoms with E-state index in [1.807, 2.05) is 36.4 Å². The van der Waals surface area contributed by atoms with Crippen molar-refractivity contribution in [3.63, 3.8) is 0 Å². The number of hydrogen-bond acceptors (Lipinski definition) is 4. The number of carbonyl (C=O) groups is 2. The molecule has 2 aromatic carbocycles. The molecule has 4 nitrogen and oxygen atoms in total. The Bertz CT molecular complexity index is 971. The average molecular weight is 449 g/mol. The maximum absolute atomic E-state index is 12.5. The molecule has 0 atom stereocenters. The molecule has 1 fully saturated rings. The Hall–Kier alpha value is -2.12. The van der Waals surface area contributed by atoms with Gasteiger partial charge in [-0.3, -0.25) is 14.5 Å². The van der Waals surface area contributed by atoms with E-state index in [4.69, 9.17) is 35.4 Å². The maximum Gasteiger partial charge on any atom is 0.266 e. The largest absolute Gasteiger partial charge is 0.324 e. The SMILES string of the molecule is O=C(CN1C(=O)/C(=C/C=C/c2ccccc2)SC1=S)Nc1cc(Cl)cc(Cl)c1. The third kappa shape index (κ3) is 5.45. The van der Waals surface area contributed by atoms with Crippen LogP contribution >= 0.6 is 47.2 Å². The zero-order chi connectivity index (χ0) is 20.1. The van der Waals surface area contributed by atoms with Gasteiger partial charge in [0.25, 0.3) is 5.91 Å². The number of anilines is 1. The minimum Gasteiger partial charge on any atom is -0.324 e. The zero-order valence-corrected chi connectivity index (χ0v) is 17.5. The molecule has 1 aliphatic heterocycles. The summed E-state index contributed by atoms with van der Waals surface area (Å²) in [6, 6.07) is 14.4. The molecular weight excluding hydrogens is 435 g/mol. The van der Waals surface area contributed by atoms with Gasteiger partial charge in [0, 0.05) is 15.7 Å². The highest BCUT2D eigenvalue weighted by atomic mass is 35.5. The Balaban J connectivity index is 1.64. The summed E-state index contributed by atoms with van der Waals surface area (Å²) in [6.07, 6.45) is 5.37. The van der Waals surface area contributed by atoms with Gasteiger partial charge in [0.05, 0.1) is 4.91 Å². The van der Waals surface area contributed by atoms with Crippen LogP contribution in [0.5, 0.6) is 0 Å². The first kappa shape index (κ1) is 20.6. The average Bonchev–Trinajstić information content (AvgIpc) is 2.89. The Morgan fingerprint density at radius 1 is 1.14 bits per heavy atom. The summed E-state index contributed by atoms with van der Waals surface area (Å²) >= 11 is 18.3. The predicted octanol–water partition coefficient (Wildman–Crippen LogP) is 5.39. The van der Waals surface area contributed by atoms with E-state index in [2.05, 4.69) is 5.32 Å². The summed E-state index contributed by atoms with van der Waals surface area (Å²) in [5, 5.41) is 3.48. The maximum atomic E-state index is 12.5. The summed E-state index contributed by atoms with van der Waals surface area (Å²) in [7, 11) is 0. The Morgan fingerprint density at radius 3 is 2.50 bits per heavy atom. The van der Waals surface area contributed by atoms with Gasteiger partial charge in [-0.15, -0.1) is 0 Å². The lowest BCUT2D eigenvalue weighted by atomic mass is 10.2. The van der Waals surface area contributed by atoms with Crippen LogP contribution in [-0.2, 0) is 9.59 Å². The molecule has 1 heterocycles. The number of rotatable bonds is 5. The van der Waals surface area contributed by atoms with Crippen LogP contribution in [-0.4, -0.2) is 27.6 Å². The van der Waals surface area contributed by atoms with Crippen molar-refractivity contribution in [3.05, 3.63) is 81.2 Å². The van der Waals surface area contributed by atoms with Crippen molar-refractivity contribution in [1.29, 1.82) is 0 Å². The van der Waals surface area contributed by atoms with E-state index < -0.39 is 5.91 Å². The van der Waals surface area contributed by atoms with E-state index in [1.54, 1.807) is 30.4 Å². The zero-order valence-electron chi connectivity index (χ0n) is 14.4. The topological polar surface area (TPSA) is 49.4 Å². The molecule has 142 valence electrons. The molecule has 0 aromatic heterocycles. The third-order valence-corrected chi connectivity index (χ3v) is 5.49. The fraction of sp³-hybridized carbons (Fsp3) is 0.0500. The van der Waals surface area contributed by atoms with Crippen molar-refractivity contribution in [1.82, 2.24) is 4.90 Å². The minimum atomic E-state index is -0.393. The normalized spacial score (nSPS) is 15.6. The van der Waals surface area contributed by atoms with Gasteiger partial charge in [-0.05, 0) is 29.8 Å². The second-order valence-corrected chi connectivity index (χ2v) is 8.31. The molecule has 2 aromatic rings. The van der Waals surface area contributed by atoms with Gasteiger partial charge < -0.3 is 5.32 Å². The van der Waals surface area contributed by atoms with E-state index in [1.165, 1.54) is 16.7 Å². The summed E-state index contributed by atoms with van der Waals surface area (Å²) in [6.45, 7) is -0.186. The van der Waals surface area contributed by atoms with E-state index >= 15 is 0 Å². The highest BCUT2D eigenvalue weighted by molar-refractivity contribution is 8.26. The summed E-state index contributed by atoms with van der Waals surface area (Å²) < 4.78 is 0.337. The van der Waals surface area contributed by atoms with Crippen LogP contribution in [0.15, 0.2) is 65.6 Å². The number of amides is 2.